The molecule has 2 atom stereocenters. The third kappa shape index (κ3) is 5.58. The van der Waals surface area contributed by atoms with E-state index in [1.807, 2.05) is 33.8 Å². The fourth-order valence-electron chi connectivity index (χ4n) is 1.58. The summed E-state index contributed by atoms with van der Waals surface area (Å²) in [5.41, 5.74) is 2.33. The van der Waals surface area contributed by atoms with E-state index in [2.05, 4.69) is 25.3 Å². The molecule has 1 fully saturated rings. The zero-order valence-corrected chi connectivity index (χ0v) is 11.9. The molecule has 1 heteroatoms. The van der Waals surface area contributed by atoms with Gasteiger partial charge in [-0.05, 0) is 38.2 Å². The molecular weight excluding hydrogens is 208 g/mol. The average molecular weight is 234 g/mol. The van der Waals surface area contributed by atoms with Gasteiger partial charge in [-0.2, -0.15) is 0 Å². The van der Waals surface area contributed by atoms with Gasteiger partial charge in [-0.25, -0.2) is 0 Å². The highest BCUT2D eigenvalue weighted by atomic mass is 16.5. The van der Waals surface area contributed by atoms with Crippen LogP contribution < -0.4 is 0 Å². The third-order valence-corrected chi connectivity index (χ3v) is 2.37. The highest BCUT2D eigenvalue weighted by molar-refractivity contribution is 5.41. The van der Waals surface area contributed by atoms with Gasteiger partial charge >= 0.3 is 0 Å². The zero-order chi connectivity index (χ0) is 13.4. The lowest BCUT2D eigenvalue weighted by molar-refractivity contribution is 0.298. The number of hydrogen-bond donors (Lipinski definition) is 0. The molecule has 2 aliphatic rings. The second-order valence-corrected chi connectivity index (χ2v) is 4.33. The molecule has 96 valence electrons. The summed E-state index contributed by atoms with van der Waals surface area (Å²) in [4.78, 5) is 0. The van der Waals surface area contributed by atoms with E-state index < -0.39 is 0 Å². The van der Waals surface area contributed by atoms with Crippen molar-refractivity contribution >= 4 is 0 Å². The maximum atomic E-state index is 5.21. The molecule has 0 aromatic carbocycles. The fourth-order valence-corrected chi connectivity index (χ4v) is 1.58. The SMILES string of the molecule is C=C(C)C.C=CC1=CC2CC2C=C1OC.CC. The highest BCUT2D eigenvalue weighted by Gasteiger charge is 2.37. The standard InChI is InChI=1S/C10H12O.C4H8.C2H6/c1-3-7-4-8-5-9(8)6-10(7)11-2;1-4(2)3;1-2/h3-4,6,8-9H,1,5H2,2H3;1H2,2-3H3;1-2H3. The van der Waals surface area contributed by atoms with E-state index in [9.17, 15) is 0 Å². The van der Waals surface area contributed by atoms with Gasteiger partial charge < -0.3 is 4.74 Å². The number of hydrogen-bond acceptors (Lipinski definition) is 1. The average Bonchev–Trinajstić information content (AvgIpc) is 3.07. The molecule has 0 N–H and O–H groups in total. The molecule has 0 saturated heterocycles. The molecule has 0 heterocycles. The Morgan fingerprint density at radius 2 is 1.76 bits per heavy atom. The summed E-state index contributed by atoms with van der Waals surface area (Å²) in [6.45, 7) is 15.2. The van der Waals surface area contributed by atoms with Crippen molar-refractivity contribution in [2.75, 3.05) is 7.11 Å². The van der Waals surface area contributed by atoms with Gasteiger partial charge in [0.25, 0.3) is 0 Å². The van der Waals surface area contributed by atoms with E-state index in [-0.39, 0.29) is 0 Å². The molecule has 2 unspecified atom stereocenters. The van der Waals surface area contributed by atoms with Crippen molar-refractivity contribution in [1.82, 2.24) is 0 Å². The lowest BCUT2D eigenvalue weighted by Crippen LogP contribution is -1.96. The first-order chi connectivity index (χ1) is 8.08. The second kappa shape index (κ2) is 7.94. The minimum absolute atomic E-state index is 0.758. The van der Waals surface area contributed by atoms with Crippen molar-refractivity contribution < 1.29 is 4.74 Å². The van der Waals surface area contributed by atoms with Crippen molar-refractivity contribution in [2.24, 2.45) is 11.8 Å². The van der Waals surface area contributed by atoms with Crippen molar-refractivity contribution in [3.8, 4) is 0 Å². The van der Waals surface area contributed by atoms with E-state index >= 15 is 0 Å². The van der Waals surface area contributed by atoms with E-state index in [1.54, 1.807) is 7.11 Å². The lowest BCUT2D eigenvalue weighted by atomic mass is 10.1. The molecule has 2 rings (SSSR count). The van der Waals surface area contributed by atoms with Crippen LogP contribution in [0.25, 0.3) is 0 Å². The second-order valence-electron chi connectivity index (χ2n) is 4.33. The Morgan fingerprint density at radius 3 is 2.18 bits per heavy atom. The normalized spacial score (nSPS) is 23.4. The van der Waals surface area contributed by atoms with Crippen LogP contribution in [0.15, 0.2) is 48.3 Å². The van der Waals surface area contributed by atoms with Gasteiger partial charge in [0.15, 0.2) is 0 Å². The topological polar surface area (TPSA) is 9.23 Å². The molecule has 0 aliphatic heterocycles. The first kappa shape index (κ1) is 15.8. The van der Waals surface area contributed by atoms with Crippen LogP contribution in [0.5, 0.6) is 0 Å². The van der Waals surface area contributed by atoms with Crippen LogP contribution in [-0.4, -0.2) is 7.11 Å². The Kier molecular flexibility index (Phi) is 7.36. The van der Waals surface area contributed by atoms with Gasteiger partial charge in [0.2, 0.25) is 0 Å². The van der Waals surface area contributed by atoms with Gasteiger partial charge in [0.1, 0.15) is 5.76 Å². The molecule has 17 heavy (non-hydrogen) atoms. The predicted molar refractivity (Wildman–Crippen MR) is 76.8 cm³/mol. The minimum Gasteiger partial charge on any atom is -0.496 e. The first-order valence-corrected chi connectivity index (χ1v) is 6.31. The Balaban J connectivity index is 0.000000368. The van der Waals surface area contributed by atoms with Gasteiger partial charge in [0.05, 0.1) is 7.11 Å². The fraction of sp³-hybridized carbons (Fsp3) is 0.500. The minimum atomic E-state index is 0.758. The Labute approximate surface area is 107 Å². The Morgan fingerprint density at radius 1 is 1.29 bits per heavy atom. The molecular formula is C16H26O. The maximum Gasteiger partial charge on any atom is 0.122 e. The van der Waals surface area contributed by atoms with Crippen LogP contribution in [0.4, 0.5) is 0 Å². The third-order valence-electron chi connectivity index (χ3n) is 2.37. The zero-order valence-electron chi connectivity index (χ0n) is 11.9. The van der Waals surface area contributed by atoms with Crippen LogP contribution in [0.1, 0.15) is 34.1 Å². The summed E-state index contributed by atoms with van der Waals surface area (Å²) in [5.74, 6) is 2.54. The van der Waals surface area contributed by atoms with Crippen molar-refractivity contribution in [2.45, 2.75) is 34.1 Å². The molecule has 0 amide bonds. The quantitative estimate of drug-likeness (QED) is 0.618. The number of rotatable bonds is 2. The molecule has 0 bridgehead atoms. The number of fused-ring (bicyclic) bond motifs is 1. The monoisotopic (exact) mass is 234 g/mol. The molecule has 0 aromatic rings. The summed E-state index contributed by atoms with van der Waals surface area (Å²) in [6, 6.07) is 0. The van der Waals surface area contributed by atoms with Crippen molar-refractivity contribution in [3.63, 3.8) is 0 Å². The van der Waals surface area contributed by atoms with Gasteiger partial charge in [-0.15, -0.1) is 6.58 Å². The van der Waals surface area contributed by atoms with Gasteiger partial charge in [-0.1, -0.05) is 38.2 Å². The van der Waals surface area contributed by atoms with E-state index in [4.69, 9.17) is 4.74 Å². The van der Waals surface area contributed by atoms with Crippen LogP contribution >= 0.6 is 0 Å². The lowest BCUT2D eigenvalue weighted by Gasteiger charge is -2.10. The highest BCUT2D eigenvalue weighted by Crippen LogP contribution is 2.46. The summed E-state index contributed by atoms with van der Waals surface area (Å²) in [6.07, 6.45) is 7.63. The van der Waals surface area contributed by atoms with Crippen LogP contribution in [0, 0.1) is 11.8 Å². The molecule has 1 nitrogen and oxygen atoms in total. The van der Waals surface area contributed by atoms with Crippen molar-refractivity contribution in [1.29, 1.82) is 0 Å². The van der Waals surface area contributed by atoms with E-state index in [1.165, 1.54) is 12.0 Å². The van der Waals surface area contributed by atoms with E-state index in [0.29, 0.717) is 0 Å². The number of allylic oxidation sites excluding steroid dienone is 4. The van der Waals surface area contributed by atoms with Gasteiger partial charge in [-0.3, -0.25) is 0 Å². The van der Waals surface area contributed by atoms with E-state index in [0.717, 1.165) is 23.2 Å². The first-order valence-electron chi connectivity index (χ1n) is 6.31. The molecule has 1 saturated carbocycles. The largest absolute Gasteiger partial charge is 0.496 e. The predicted octanol–water partition coefficient (Wildman–Crippen LogP) is 4.89. The summed E-state index contributed by atoms with van der Waals surface area (Å²) < 4.78 is 5.21. The molecule has 0 spiro atoms. The van der Waals surface area contributed by atoms with Gasteiger partial charge in [0, 0.05) is 5.57 Å². The number of ether oxygens (including phenoxy) is 1. The molecule has 0 aromatic heterocycles. The summed E-state index contributed by atoms with van der Waals surface area (Å²) in [7, 11) is 1.71. The summed E-state index contributed by atoms with van der Waals surface area (Å²) in [5, 5.41) is 0. The van der Waals surface area contributed by atoms with Crippen LogP contribution in [-0.2, 0) is 4.74 Å². The molecule has 2 aliphatic carbocycles. The smallest absolute Gasteiger partial charge is 0.122 e. The summed E-state index contributed by atoms with van der Waals surface area (Å²) >= 11 is 0. The Hall–Kier alpha value is -1.24. The molecule has 0 radical (unpaired) electrons. The van der Waals surface area contributed by atoms with Crippen LogP contribution in [0.2, 0.25) is 0 Å². The van der Waals surface area contributed by atoms with Crippen molar-refractivity contribution in [3.05, 3.63) is 48.3 Å². The van der Waals surface area contributed by atoms with Crippen LogP contribution in [0.3, 0.4) is 0 Å². The maximum absolute atomic E-state index is 5.21. The number of methoxy groups -OCH3 is 1. The Bertz CT molecular complexity index is 316.